The summed E-state index contributed by atoms with van der Waals surface area (Å²) < 4.78 is 5.40. The molecule has 0 aliphatic carbocycles. The van der Waals surface area contributed by atoms with E-state index in [2.05, 4.69) is 17.6 Å². The molecule has 0 atom stereocenters. The Labute approximate surface area is 152 Å². The highest BCUT2D eigenvalue weighted by molar-refractivity contribution is 6.35. The summed E-state index contributed by atoms with van der Waals surface area (Å²) in [5.74, 6) is -0.438. The van der Waals surface area contributed by atoms with Crippen LogP contribution in [0.1, 0.15) is 26.2 Å². The molecule has 0 aliphatic heterocycles. The van der Waals surface area contributed by atoms with E-state index in [-0.39, 0.29) is 5.57 Å². The van der Waals surface area contributed by atoms with Crippen LogP contribution < -0.4 is 10.6 Å². The summed E-state index contributed by atoms with van der Waals surface area (Å²) in [6.45, 7) is 3.88. The lowest BCUT2D eigenvalue weighted by Gasteiger charge is -2.06. The molecule has 2 N–H and O–H groups in total. The number of nitrogens with zero attached hydrogens (tertiary/aromatic N) is 1. The van der Waals surface area contributed by atoms with Crippen molar-refractivity contribution >= 4 is 34.8 Å². The summed E-state index contributed by atoms with van der Waals surface area (Å²) in [6, 6.07) is 6.74. The molecule has 1 amide bonds. The highest BCUT2D eigenvalue weighted by Crippen LogP contribution is 2.22. The van der Waals surface area contributed by atoms with Gasteiger partial charge in [0, 0.05) is 41.7 Å². The lowest BCUT2D eigenvalue weighted by molar-refractivity contribution is -0.117. The monoisotopic (exact) mass is 369 g/mol. The fourth-order valence-corrected chi connectivity index (χ4v) is 2.29. The number of anilines is 1. The molecule has 0 saturated carbocycles. The van der Waals surface area contributed by atoms with E-state index in [4.69, 9.17) is 33.2 Å². The second-order valence-corrected chi connectivity index (χ2v) is 5.92. The van der Waals surface area contributed by atoms with Gasteiger partial charge in [0.1, 0.15) is 11.6 Å². The topological polar surface area (TPSA) is 74.1 Å². The van der Waals surface area contributed by atoms with Crippen molar-refractivity contribution in [3.8, 4) is 6.07 Å². The van der Waals surface area contributed by atoms with E-state index >= 15 is 0 Å². The Kier molecular flexibility index (Phi) is 9.94. The normalized spacial score (nSPS) is 11.0. The number of hydrogen-bond acceptors (Lipinski definition) is 4. The van der Waals surface area contributed by atoms with Gasteiger partial charge in [0.2, 0.25) is 0 Å². The maximum absolute atomic E-state index is 11.9. The molecule has 1 rings (SSSR count). The number of benzene rings is 1. The minimum absolute atomic E-state index is 0.0296. The summed E-state index contributed by atoms with van der Waals surface area (Å²) in [5.41, 5.74) is 0.565. The van der Waals surface area contributed by atoms with E-state index in [0.29, 0.717) is 35.3 Å². The summed E-state index contributed by atoms with van der Waals surface area (Å²) in [6.07, 6.45) is 4.16. The van der Waals surface area contributed by atoms with Gasteiger partial charge in [-0.3, -0.25) is 4.79 Å². The Hall–Kier alpha value is -1.74. The second-order valence-electron chi connectivity index (χ2n) is 5.05. The van der Waals surface area contributed by atoms with Gasteiger partial charge in [-0.15, -0.1) is 0 Å². The molecule has 7 heteroatoms. The number of ether oxygens (including phenoxy) is 1. The first-order valence-electron chi connectivity index (χ1n) is 7.75. The first kappa shape index (κ1) is 20.3. The maximum Gasteiger partial charge on any atom is 0.263 e. The van der Waals surface area contributed by atoms with Crippen molar-refractivity contribution in [1.82, 2.24) is 5.32 Å². The molecule has 1 aromatic rings. The predicted octanol–water partition coefficient (Wildman–Crippen LogP) is 4.14. The average Bonchev–Trinajstić information content (AvgIpc) is 2.53. The average molecular weight is 370 g/mol. The van der Waals surface area contributed by atoms with Gasteiger partial charge in [0.05, 0.1) is 0 Å². The van der Waals surface area contributed by atoms with Gasteiger partial charge >= 0.3 is 0 Å². The second kappa shape index (κ2) is 11.7. The van der Waals surface area contributed by atoms with Crippen LogP contribution in [0.3, 0.4) is 0 Å². The number of hydrogen-bond donors (Lipinski definition) is 2. The van der Waals surface area contributed by atoms with Gasteiger partial charge in [-0.25, -0.2) is 0 Å². The van der Waals surface area contributed by atoms with Gasteiger partial charge in [0.15, 0.2) is 0 Å². The van der Waals surface area contributed by atoms with Gasteiger partial charge in [-0.2, -0.15) is 5.26 Å². The van der Waals surface area contributed by atoms with Crippen molar-refractivity contribution in [2.75, 3.05) is 25.1 Å². The molecule has 130 valence electrons. The Morgan fingerprint density at radius 1 is 1.25 bits per heavy atom. The minimum atomic E-state index is -0.438. The van der Waals surface area contributed by atoms with Gasteiger partial charge in [0.25, 0.3) is 5.91 Å². The molecule has 0 unspecified atom stereocenters. The first-order chi connectivity index (χ1) is 11.6. The highest BCUT2D eigenvalue weighted by Gasteiger charge is 2.08. The molecule has 0 bridgehead atoms. The molecule has 24 heavy (non-hydrogen) atoms. The number of nitriles is 1. The number of halogens is 2. The molecule has 0 radical (unpaired) electrons. The van der Waals surface area contributed by atoms with Crippen molar-refractivity contribution in [2.45, 2.75) is 26.2 Å². The highest BCUT2D eigenvalue weighted by atomic mass is 35.5. The van der Waals surface area contributed by atoms with Crippen LogP contribution in [0.15, 0.2) is 30.0 Å². The van der Waals surface area contributed by atoms with Crippen molar-refractivity contribution in [3.05, 3.63) is 40.0 Å². The Balaban J connectivity index is 2.41. The van der Waals surface area contributed by atoms with Crippen LogP contribution in [0, 0.1) is 11.3 Å². The lowest BCUT2D eigenvalue weighted by atomic mass is 10.2. The van der Waals surface area contributed by atoms with Crippen LogP contribution in [0.4, 0.5) is 5.69 Å². The molecule has 0 heterocycles. The molecule has 0 aliphatic rings. The summed E-state index contributed by atoms with van der Waals surface area (Å²) in [5, 5.41) is 15.5. The summed E-state index contributed by atoms with van der Waals surface area (Å²) >= 11 is 11.8. The molecule has 0 aromatic heterocycles. The number of carbonyl (C=O) groups is 1. The predicted molar refractivity (Wildman–Crippen MR) is 97.1 cm³/mol. The summed E-state index contributed by atoms with van der Waals surface area (Å²) in [4.78, 5) is 11.9. The largest absolute Gasteiger partial charge is 0.381 e. The smallest absolute Gasteiger partial charge is 0.263 e. The summed E-state index contributed by atoms with van der Waals surface area (Å²) in [7, 11) is 0. The lowest BCUT2D eigenvalue weighted by Crippen LogP contribution is -2.26. The standard InChI is InChI=1S/C17H21Cl2N3O2/c1-2-3-6-24-7-4-5-21-17(23)13(11-20)12-22-16-9-14(18)8-15(19)10-16/h8-10,12,22H,2-7H2,1H3,(H,21,23)/b13-12-. The molecule has 0 saturated heterocycles. The first-order valence-corrected chi connectivity index (χ1v) is 8.51. The van der Waals surface area contributed by atoms with E-state index in [1.54, 1.807) is 18.2 Å². The number of amides is 1. The fourth-order valence-electron chi connectivity index (χ4n) is 1.76. The van der Waals surface area contributed by atoms with Crippen molar-refractivity contribution < 1.29 is 9.53 Å². The molecule has 5 nitrogen and oxygen atoms in total. The third kappa shape index (κ3) is 8.21. The fraction of sp³-hybridized carbons (Fsp3) is 0.412. The molecular weight excluding hydrogens is 349 g/mol. The third-order valence-electron chi connectivity index (χ3n) is 3.00. The molecule has 0 spiro atoms. The zero-order valence-electron chi connectivity index (χ0n) is 13.6. The number of carbonyl (C=O) groups excluding carboxylic acids is 1. The molecule has 1 aromatic carbocycles. The maximum atomic E-state index is 11.9. The number of unbranched alkanes of at least 4 members (excludes halogenated alkanes) is 1. The molecule has 0 fully saturated rings. The van der Waals surface area contributed by atoms with Gasteiger partial charge in [-0.1, -0.05) is 36.5 Å². The van der Waals surface area contributed by atoms with Crippen LogP contribution in [0.25, 0.3) is 0 Å². The van der Waals surface area contributed by atoms with Crippen LogP contribution in [0.5, 0.6) is 0 Å². The van der Waals surface area contributed by atoms with Crippen molar-refractivity contribution in [1.29, 1.82) is 5.26 Å². The van der Waals surface area contributed by atoms with Crippen LogP contribution in [-0.2, 0) is 9.53 Å². The van der Waals surface area contributed by atoms with Crippen LogP contribution in [0.2, 0.25) is 10.0 Å². The number of nitrogens with one attached hydrogen (secondary N) is 2. The van der Waals surface area contributed by atoms with Crippen molar-refractivity contribution in [2.24, 2.45) is 0 Å². The van der Waals surface area contributed by atoms with Crippen molar-refractivity contribution in [3.63, 3.8) is 0 Å². The zero-order chi connectivity index (χ0) is 17.8. The Bertz CT molecular complexity index is 592. The molecular formula is C17H21Cl2N3O2. The van der Waals surface area contributed by atoms with E-state index in [1.165, 1.54) is 6.20 Å². The van der Waals surface area contributed by atoms with E-state index in [9.17, 15) is 4.79 Å². The zero-order valence-corrected chi connectivity index (χ0v) is 15.1. The Morgan fingerprint density at radius 2 is 1.92 bits per heavy atom. The quantitative estimate of drug-likeness (QED) is 0.369. The minimum Gasteiger partial charge on any atom is -0.381 e. The SMILES string of the molecule is CCCCOCCCNC(=O)/C(C#N)=C\Nc1cc(Cl)cc(Cl)c1. The number of rotatable bonds is 10. The van der Waals surface area contributed by atoms with Crippen LogP contribution in [-0.4, -0.2) is 25.7 Å². The third-order valence-corrected chi connectivity index (χ3v) is 3.44. The Morgan fingerprint density at radius 3 is 2.54 bits per heavy atom. The van der Waals surface area contributed by atoms with Gasteiger partial charge in [-0.05, 0) is 31.0 Å². The van der Waals surface area contributed by atoms with Gasteiger partial charge < -0.3 is 15.4 Å². The van der Waals surface area contributed by atoms with E-state index < -0.39 is 5.91 Å². The van der Waals surface area contributed by atoms with E-state index in [0.717, 1.165) is 19.4 Å². The van der Waals surface area contributed by atoms with E-state index in [1.807, 2.05) is 6.07 Å². The van der Waals surface area contributed by atoms with Crippen LogP contribution >= 0.6 is 23.2 Å².